The molecule has 0 atom stereocenters. The number of nitrogens with zero attached hydrogens (tertiary/aromatic N) is 1. The molecular formula is C19H34N2. The molecule has 2 heteroatoms. The fourth-order valence-corrected chi connectivity index (χ4v) is 2.48. The normalized spacial score (nSPS) is 11.0. The second-order valence-corrected chi connectivity index (χ2v) is 6.33. The minimum Gasteiger partial charge on any atom is -0.372 e. The van der Waals surface area contributed by atoms with Gasteiger partial charge in [0.05, 0.1) is 0 Å². The Bertz CT molecular complexity index is 335. The van der Waals surface area contributed by atoms with Gasteiger partial charge in [-0.15, -0.1) is 0 Å². The first-order valence-corrected chi connectivity index (χ1v) is 8.74. The third kappa shape index (κ3) is 8.77. The number of para-hydroxylation sites is 1. The fourth-order valence-electron chi connectivity index (χ4n) is 2.48. The van der Waals surface area contributed by atoms with Crippen molar-refractivity contribution in [2.24, 2.45) is 5.92 Å². The summed E-state index contributed by atoms with van der Waals surface area (Å²) in [6.45, 7) is 11.5. The molecule has 0 amide bonds. The molecule has 0 aromatic heterocycles. The smallest absolute Gasteiger partial charge is 0.0366 e. The van der Waals surface area contributed by atoms with Crippen LogP contribution in [0.25, 0.3) is 0 Å². The Kier molecular flexibility index (Phi) is 9.98. The van der Waals surface area contributed by atoms with Crippen LogP contribution in [0.1, 0.15) is 52.9 Å². The van der Waals surface area contributed by atoms with E-state index in [0.717, 1.165) is 12.5 Å². The van der Waals surface area contributed by atoms with E-state index in [-0.39, 0.29) is 0 Å². The molecule has 1 N–H and O–H groups in total. The molecule has 0 saturated heterocycles. The number of unbranched alkanes of at least 4 members (excludes halogenated alkanes) is 3. The van der Waals surface area contributed by atoms with E-state index in [1.54, 1.807) is 0 Å². The van der Waals surface area contributed by atoms with Gasteiger partial charge >= 0.3 is 0 Å². The van der Waals surface area contributed by atoms with Crippen molar-refractivity contribution in [2.45, 2.75) is 52.9 Å². The maximum Gasteiger partial charge on any atom is 0.0366 e. The summed E-state index contributed by atoms with van der Waals surface area (Å²) in [6.07, 6.45) is 6.46. The van der Waals surface area contributed by atoms with E-state index in [1.807, 2.05) is 0 Å². The van der Waals surface area contributed by atoms with Gasteiger partial charge in [-0.25, -0.2) is 0 Å². The average Bonchev–Trinajstić information content (AvgIpc) is 2.50. The van der Waals surface area contributed by atoms with E-state index in [4.69, 9.17) is 0 Å². The molecule has 0 spiro atoms. The van der Waals surface area contributed by atoms with Crippen LogP contribution in [-0.4, -0.2) is 26.2 Å². The highest BCUT2D eigenvalue weighted by molar-refractivity contribution is 5.45. The molecule has 2 nitrogen and oxygen atoms in total. The monoisotopic (exact) mass is 290 g/mol. The standard InChI is InChI=1S/C19H34N2/c1-4-5-15-21(19-12-8-6-9-13-19)16-11-7-10-14-20-17-18(2)3/h6,8-9,12-13,18,20H,4-5,7,10-11,14-17H2,1-3H3. The van der Waals surface area contributed by atoms with Crippen molar-refractivity contribution in [1.82, 2.24) is 5.32 Å². The van der Waals surface area contributed by atoms with Crippen LogP contribution >= 0.6 is 0 Å². The van der Waals surface area contributed by atoms with Crippen LogP contribution < -0.4 is 10.2 Å². The topological polar surface area (TPSA) is 15.3 Å². The Hall–Kier alpha value is -1.02. The number of rotatable bonds is 12. The van der Waals surface area contributed by atoms with E-state index < -0.39 is 0 Å². The van der Waals surface area contributed by atoms with E-state index in [9.17, 15) is 0 Å². The number of hydrogen-bond donors (Lipinski definition) is 1. The Morgan fingerprint density at radius 2 is 1.67 bits per heavy atom. The second-order valence-electron chi connectivity index (χ2n) is 6.33. The molecule has 120 valence electrons. The fraction of sp³-hybridized carbons (Fsp3) is 0.684. The molecule has 0 fully saturated rings. The third-order valence-electron chi connectivity index (χ3n) is 3.74. The molecule has 0 radical (unpaired) electrons. The first kappa shape index (κ1) is 18.0. The van der Waals surface area contributed by atoms with Crippen LogP contribution in [-0.2, 0) is 0 Å². The van der Waals surface area contributed by atoms with Crippen molar-refractivity contribution in [3.05, 3.63) is 30.3 Å². The van der Waals surface area contributed by atoms with Gasteiger partial charge in [0, 0.05) is 18.8 Å². The van der Waals surface area contributed by atoms with Crippen LogP contribution in [0.15, 0.2) is 30.3 Å². The molecular weight excluding hydrogens is 256 g/mol. The van der Waals surface area contributed by atoms with Crippen molar-refractivity contribution in [2.75, 3.05) is 31.1 Å². The Morgan fingerprint density at radius 1 is 0.952 bits per heavy atom. The summed E-state index contributed by atoms with van der Waals surface area (Å²) in [5.74, 6) is 0.757. The highest BCUT2D eigenvalue weighted by Gasteiger charge is 2.04. The number of benzene rings is 1. The molecule has 1 aromatic rings. The molecule has 1 rings (SSSR count). The van der Waals surface area contributed by atoms with Crippen LogP contribution in [0.3, 0.4) is 0 Å². The van der Waals surface area contributed by atoms with Gasteiger partial charge in [-0.1, -0.05) is 51.8 Å². The molecule has 0 aliphatic rings. The summed E-state index contributed by atoms with van der Waals surface area (Å²) in [5.41, 5.74) is 1.38. The zero-order chi connectivity index (χ0) is 15.3. The molecule has 0 aliphatic heterocycles. The summed E-state index contributed by atoms with van der Waals surface area (Å²) in [6, 6.07) is 10.9. The van der Waals surface area contributed by atoms with Gasteiger partial charge in [-0.05, 0) is 50.4 Å². The van der Waals surface area contributed by atoms with Crippen molar-refractivity contribution in [3.63, 3.8) is 0 Å². The molecule has 0 aliphatic carbocycles. The highest BCUT2D eigenvalue weighted by Crippen LogP contribution is 2.15. The lowest BCUT2D eigenvalue weighted by atomic mass is 10.2. The molecule has 0 saturated carbocycles. The van der Waals surface area contributed by atoms with Crippen molar-refractivity contribution >= 4 is 5.69 Å². The zero-order valence-electron chi connectivity index (χ0n) is 14.3. The van der Waals surface area contributed by atoms with Gasteiger partial charge in [0.25, 0.3) is 0 Å². The van der Waals surface area contributed by atoms with Crippen LogP contribution in [0.4, 0.5) is 5.69 Å². The highest BCUT2D eigenvalue weighted by atomic mass is 15.1. The lowest BCUT2D eigenvalue weighted by Gasteiger charge is -2.24. The largest absolute Gasteiger partial charge is 0.372 e. The van der Waals surface area contributed by atoms with E-state index in [2.05, 4.69) is 61.3 Å². The van der Waals surface area contributed by atoms with Gasteiger partial charge in [0.15, 0.2) is 0 Å². The van der Waals surface area contributed by atoms with Gasteiger partial charge in [0.1, 0.15) is 0 Å². The van der Waals surface area contributed by atoms with Crippen LogP contribution in [0.5, 0.6) is 0 Å². The maximum absolute atomic E-state index is 3.53. The molecule has 0 unspecified atom stereocenters. The third-order valence-corrected chi connectivity index (χ3v) is 3.74. The number of anilines is 1. The van der Waals surface area contributed by atoms with Crippen molar-refractivity contribution < 1.29 is 0 Å². The summed E-state index contributed by atoms with van der Waals surface area (Å²) in [4.78, 5) is 2.55. The Morgan fingerprint density at radius 3 is 2.33 bits per heavy atom. The first-order valence-electron chi connectivity index (χ1n) is 8.74. The van der Waals surface area contributed by atoms with Crippen LogP contribution in [0.2, 0.25) is 0 Å². The SMILES string of the molecule is CCCCN(CCCCCNCC(C)C)c1ccccc1. The van der Waals surface area contributed by atoms with E-state index in [0.29, 0.717) is 0 Å². The zero-order valence-corrected chi connectivity index (χ0v) is 14.3. The average molecular weight is 290 g/mol. The minimum absolute atomic E-state index is 0.757. The molecule has 0 bridgehead atoms. The van der Waals surface area contributed by atoms with Crippen molar-refractivity contribution in [3.8, 4) is 0 Å². The van der Waals surface area contributed by atoms with Gasteiger partial charge in [0.2, 0.25) is 0 Å². The van der Waals surface area contributed by atoms with E-state index >= 15 is 0 Å². The lowest BCUT2D eigenvalue weighted by Crippen LogP contribution is -2.26. The summed E-state index contributed by atoms with van der Waals surface area (Å²) >= 11 is 0. The maximum atomic E-state index is 3.53. The summed E-state index contributed by atoms with van der Waals surface area (Å²) in [7, 11) is 0. The molecule has 1 aromatic carbocycles. The van der Waals surface area contributed by atoms with Crippen molar-refractivity contribution in [1.29, 1.82) is 0 Å². The lowest BCUT2D eigenvalue weighted by molar-refractivity contribution is 0.528. The molecule has 21 heavy (non-hydrogen) atoms. The summed E-state index contributed by atoms with van der Waals surface area (Å²) < 4.78 is 0. The predicted molar refractivity (Wildman–Crippen MR) is 95.1 cm³/mol. The second kappa shape index (κ2) is 11.6. The van der Waals surface area contributed by atoms with Gasteiger partial charge < -0.3 is 10.2 Å². The van der Waals surface area contributed by atoms with Gasteiger partial charge in [-0.3, -0.25) is 0 Å². The van der Waals surface area contributed by atoms with Gasteiger partial charge in [-0.2, -0.15) is 0 Å². The van der Waals surface area contributed by atoms with E-state index in [1.165, 1.54) is 57.4 Å². The minimum atomic E-state index is 0.757. The Labute approximate surface area is 131 Å². The molecule has 0 heterocycles. The number of nitrogens with one attached hydrogen (secondary N) is 1. The predicted octanol–water partition coefficient (Wildman–Crippen LogP) is 4.71. The summed E-state index contributed by atoms with van der Waals surface area (Å²) in [5, 5.41) is 3.53. The first-order chi connectivity index (χ1) is 10.2. The number of hydrogen-bond acceptors (Lipinski definition) is 2. The quantitative estimate of drug-likeness (QED) is 0.561. The van der Waals surface area contributed by atoms with Crippen LogP contribution in [0, 0.1) is 5.92 Å². The Balaban J connectivity index is 2.21.